The van der Waals surface area contributed by atoms with E-state index in [4.69, 9.17) is 0 Å². The minimum absolute atomic E-state index is 0.00214. The lowest BCUT2D eigenvalue weighted by molar-refractivity contribution is -0.141. The number of hydrogen-bond donors (Lipinski definition) is 1. The van der Waals surface area contributed by atoms with Crippen LogP contribution in [0.5, 0.6) is 0 Å². The van der Waals surface area contributed by atoms with Crippen molar-refractivity contribution in [3.8, 4) is 0 Å². The molecule has 3 rings (SSSR count). The molecule has 3 saturated heterocycles. The summed E-state index contributed by atoms with van der Waals surface area (Å²) in [7, 11) is 8.41. The Morgan fingerprint density at radius 1 is 1.00 bits per heavy atom. The largest absolute Gasteiger partial charge is 0.315 e. The molecule has 0 aromatic rings. The number of hydrogen-bond acceptors (Lipinski definition) is 5. The summed E-state index contributed by atoms with van der Waals surface area (Å²) >= 11 is 0. The number of nitrogens with one attached hydrogen (secondary N) is 1. The first-order valence-corrected chi connectivity index (χ1v) is 10.6. The van der Waals surface area contributed by atoms with Crippen LogP contribution in [0.1, 0.15) is 12.8 Å². The molecule has 4 unspecified atom stereocenters. The third-order valence-electron chi connectivity index (χ3n) is 7.00. The Hall–Kier alpha value is -0.340. The molecule has 0 bridgehead atoms. The predicted molar refractivity (Wildman–Crippen MR) is 106 cm³/mol. The third kappa shape index (κ3) is 5.38. The van der Waals surface area contributed by atoms with Gasteiger partial charge in [0, 0.05) is 70.7 Å². The Bertz CT molecular complexity index is 477. The van der Waals surface area contributed by atoms with Crippen molar-refractivity contribution in [2.75, 3.05) is 87.1 Å². The minimum Gasteiger partial charge on any atom is -0.315 e. The first-order chi connectivity index (χ1) is 12.8. The molecule has 0 aliphatic carbocycles. The van der Waals surface area contributed by atoms with Crippen LogP contribution in [0.4, 0.5) is 8.78 Å². The molecule has 158 valence electrons. The van der Waals surface area contributed by atoms with Gasteiger partial charge in [-0.25, -0.2) is 8.78 Å². The lowest BCUT2D eigenvalue weighted by Gasteiger charge is -2.49. The third-order valence-corrected chi connectivity index (χ3v) is 7.00. The fraction of sp³-hybridized carbons (Fsp3) is 1.00. The second-order valence-electron chi connectivity index (χ2n) is 9.43. The highest BCUT2D eigenvalue weighted by Gasteiger charge is 2.50. The Morgan fingerprint density at radius 3 is 2.48 bits per heavy atom. The molecule has 0 radical (unpaired) electrons. The lowest BCUT2D eigenvalue weighted by Crippen LogP contribution is -2.59. The summed E-state index contributed by atoms with van der Waals surface area (Å²) in [5.41, 5.74) is 0. The van der Waals surface area contributed by atoms with E-state index < -0.39 is 11.8 Å². The van der Waals surface area contributed by atoms with Crippen LogP contribution in [-0.2, 0) is 0 Å². The quantitative estimate of drug-likeness (QED) is 0.775. The van der Waals surface area contributed by atoms with Gasteiger partial charge in [-0.05, 0) is 53.0 Å². The van der Waals surface area contributed by atoms with Crippen LogP contribution in [0.2, 0.25) is 0 Å². The number of likely N-dealkylation sites (tertiary alicyclic amines) is 2. The zero-order valence-corrected chi connectivity index (χ0v) is 17.6. The van der Waals surface area contributed by atoms with Crippen LogP contribution in [0.25, 0.3) is 0 Å². The van der Waals surface area contributed by atoms with E-state index in [1.165, 1.54) is 0 Å². The van der Waals surface area contributed by atoms with Crippen LogP contribution in [0.3, 0.4) is 0 Å². The van der Waals surface area contributed by atoms with Crippen LogP contribution in [-0.4, -0.2) is 119 Å². The normalized spacial score (nSPS) is 37.4. The van der Waals surface area contributed by atoms with Gasteiger partial charge in [-0.3, -0.25) is 0 Å². The smallest absolute Gasteiger partial charge is 0.253 e. The van der Waals surface area contributed by atoms with Gasteiger partial charge in [0.25, 0.3) is 5.92 Å². The molecule has 0 amide bonds. The maximum atomic E-state index is 14.9. The van der Waals surface area contributed by atoms with Crippen molar-refractivity contribution in [1.29, 1.82) is 0 Å². The summed E-state index contributed by atoms with van der Waals surface area (Å²) in [6.45, 7) is 8.01. The average Bonchev–Trinajstić information content (AvgIpc) is 2.80. The van der Waals surface area contributed by atoms with E-state index in [0.29, 0.717) is 19.0 Å². The average molecular weight is 388 g/mol. The molecule has 3 aliphatic heterocycles. The van der Waals surface area contributed by atoms with Crippen molar-refractivity contribution in [2.24, 2.45) is 17.8 Å². The Balaban J connectivity index is 1.71. The van der Waals surface area contributed by atoms with Gasteiger partial charge in [0.05, 0.1) is 0 Å². The molecule has 1 N–H and O–H groups in total. The topological polar surface area (TPSA) is 25.0 Å². The van der Waals surface area contributed by atoms with Crippen LogP contribution < -0.4 is 5.32 Å². The first-order valence-electron chi connectivity index (χ1n) is 10.6. The summed E-state index contributed by atoms with van der Waals surface area (Å²) in [5, 5.41) is 3.53. The number of nitrogens with zero attached hydrogens (tertiary/aromatic N) is 4. The summed E-state index contributed by atoms with van der Waals surface area (Å²) < 4.78 is 29.7. The SMILES string of the molecule is CN1CCNCC(CN(C)C2CCN(C)CC2C2CN(C)CCC2(F)F)C1. The minimum atomic E-state index is -2.54. The van der Waals surface area contributed by atoms with Crippen molar-refractivity contribution in [1.82, 2.24) is 24.9 Å². The van der Waals surface area contributed by atoms with E-state index >= 15 is 0 Å². The highest BCUT2D eigenvalue weighted by molar-refractivity contribution is 4.97. The molecule has 3 aliphatic rings. The Labute approximate surface area is 164 Å². The molecule has 0 aromatic heterocycles. The fourth-order valence-corrected chi connectivity index (χ4v) is 5.45. The zero-order valence-electron chi connectivity index (χ0n) is 17.6. The summed E-state index contributed by atoms with van der Waals surface area (Å²) in [5.74, 6) is -2.50. The molecule has 0 saturated carbocycles. The second kappa shape index (κ2) is 8.99. The molecule has 3 heterocycles. The van der Waals surface area contributed by atoms with Gasteiger partial charge in [0.15, 0.2) is 0 Å². The van der Waals surface area contributed by atoms with Gasteiger partial charge in [0.2, 0.25) is 0 Å². The van der Waals surface area contributed by atoms with E-state index in [-0.39, 0.29) is 18.4 Å². The van der Waals surface area contributed by atoms with Crippen molar-refractivity contribution < 1.29 is 8.78 Å². The molecule has 4 atom stereocenters. The van der Waals surface area contributed by atoms with Crippen molar-refractivity contribution >= 4 is 0 Å². The molecule has 5 nitrogen and oxygen atoms in total. The molecular weight excluding hydrogens is 348 g/mol. The number of alkyl halides is 2. The molecule has 3 fully saturated rings. The zero-order chi connectivity index (χ0) is 19.6. The molecule has 7 heteroatoms. The number of rotatable bonds is 4. The Kier molecular flexibility index (Phi) is 7.12. The summed E-state index contributed by atoms with van der Waals surface area (Å²) in [6, 6.07) is 0.247. The van der Waals surface area contributed by atoms with Gasteiger partial charge < -0.3 is 24.9 Å². The second-order valence-corrected chi connectivity index (χ2v) is 9.43. The monoisotopic (exact) mass is 387 g/mol. The number of piperidine rings is 2. The van der Waals surface area contributed by atoms with E-state index in [0.717, 1.165) is 52.2 Å². The van der Waals surface area contributed by atoms with Crippen molar-refractivity contribution in [2.45, 2.75) is 24.8 Å². The van der Waals surface area contributed by atoms with E-state index in [1.807, 2.05) is 7.05 Å². The number of likely N-dealkylation sites (N-methyl/N-ethyl adjacent to an activating group) is 1. The fourth-order valence-electron chi connectivity index (χ4n) is 5.45. The highest BCUT2D eigenvalue weighted by Crippen LogP contribution is 2.41. The van der Waals surface area contributed by atoms with Gasteiger partial charge in [-0.1, -0.05) is 0 Å². The first kappa shape index (κ1) is 21.4. The molecule has 27 heavy (non-hydrogen) atoms. The predicted octanol–water partition coefficient (Wildman–Crippen LogP) is 0.977. The lowest BCUT2D eigenvalue weighted by atomic mass is 9.75. The van der Waals surface area contributed by atoms with Crippen LogP contribution in [0, 0.1) is 17.8 Å². The van der Waals surface area contributed by atoms with E-state index in [2.05, 4.69) is 46.1 Å². The standard InChI is InChI=1S/C20H39F2N5/c1-24-8-5-19(27(4)13-16-11-23-7-10-26(3)12-16)17(14-24)18-15-25(2)9-6-20(18,21)22/h16-19,23H,5-15H2,1-4H3. The maximum Gasteiger partial charge on any atom is 0.253 e. The number of halogens is 2. The molecular formula is C20H39F2N5. The van der Waals surface area contributed by atoms with Gasteiger partial charge in [0.1, 0.15) is 0 Å². The highest BCUT2D eigenvalue weighted by atomic mass is 19.3. The van der Waals surface area contributed by atoms with Gasteiger partial charge in [-0.15, -0.1) is 0 Å². The van der Waals surface area contributed by atoms with Gasteiger partial charge in [-0.2, -0.15) is 0 Å². The maximum absolute atomic E-state index is 14.9. The molecule has 0 spiro atoms. The van der Waals surface area contributed by atoms with E-state index in [9.17, 15) is 8.78 Å². The van der Waals surface area contributed by atoms with E-state index in [1.54, 1.807) is 0 Å². The van der Waals surface area contributed by atoms with Crippen LogP contribution in [0.15, 0.2) is 0 Å². The van der Waals surface area contributed by atoms with Crippen LogP contribution >= 0.6 is 0 Å². The van der Waals surface area contributed by atoms with Crippen molar-refractivity contribution in [3.63, 3.8) is 0 Å². The molecule has 0 aromatic carbocycles. The van der Waals surface area contributed by atoms with Gasteiger partial charge >= 0.3 is 0 Å². The summed E-state index contributed by atoms with van der Waals surface area (Å²) in [6.07, 6.45) is 0.992. The van der Waals surface area contributed by atoms with Crippen molar-refractivity contribution in [3.05, 3.63) is 0 Å². The summed E-state index contributed by atoms with van der Waals surface area (Å²) in [4.78, 5) is 9.14. The Morgan fingerprint density at radius 2 is 1.70 bits per heavy atom.